The Labute approximate surface area is 123 Å². The Morgan fingerprint density at radius 3 is 2.55 bits per heavy atom. The molecular weight excluding hydrogens is 247 g/mol. The van der Waals surface area contributed by atoms with Crippen molar-refractivity contribution in [2.75, 3.05) is 0 Å². The van der Waals surface area contributed by atoms with Gasteiger partial charge in [-0.05, 0) is 55.7 Å². The number of rotatable bonds is 7. The quantitative estimate of drug-likeness (QED) is 0.418. The minimum Gasteiger partial charge on any atom is -0.207 e. The van der Waals surface area contributed by atoms with Crippen molar-refractivity contribution in [1.29, 1.82) is 0 Å². The molecule has 0 nitrogen and oxygen atoms in total. The molecule has 1 aliphatic rings. The second kappa shape index (κ2) is 8.24. The van der Waals surface area contributed by atoms with Crippen molar-refractivity contribution in [1.82, 2.24) is 0 Å². The van der Waals surface area contributed by atoms with Crippen LogP contribution in [0.2, 0.25) is 0 Å². The number of allylic oxidation sites excluding steroid dienone is 2. The molecule has 110 valence electrons. The van der Waals surface area contributed by atoms with Gasteiger partial charge in [0.15, 0.2) is 0 Å². The first kappa shape index (κ1) is 15.3. The van der Waals surface area contributed by atoms with Gasteiger partial charge in [0.1, 0.15) is 5.82 Å². The molecule has 1 aliphatic carbocycles. The van der Waals surface area contributed by atoms with E-state index in [1.807, 2.05) is 12.1 Å². The summed E-state index contributed by atoms with van der Waals surface area (Å²) in [6, 6.07) is 6.95. The zero-order valence-electron chi connectivity index (χ0n) is 12.7. The summed E-state index contributed by atoms with van der Waals surface area (Å²) in [5, 5.41) is 0. The summed E-state index contributed by atoms with van der Waals surface area (Å²) in [5.74, 6) is 0.789. The highest BCUT2D eigenvalue weighted by Crippen LogP contribution is 2.29. The van der Waals surface area contributed by atoms with E-state index in [4.69, 9.17) is 0 Å². The molecule has 1 aromatic rings. The van der Waals surface area contributed by atoms with Gasteiger partial charge in [0.25, 0.3) is 0 Å². The molecule has 0 heterocycles. The fraction of sp³-hybridized carbons (Fsp3) is 0.579. The van der Waals surface area contributed by atoms with Gasteiger partial charge in [-0.1, -0.05) is 56.4 Å². The Bertz CT molecular complexity index is 416. The molecule has 1 aromatic carbocycles. The molecule has 0 radical (unpaired) electrons. The molecule has 0 bridgehead atoms. The molecule has 1 heteroatoms. The fourth-order valence-electron chi connectivity index (χ4n) is 3.07. The standard InChI is InChI=1S/C19H27F/c1-2-3-4-5-16-6-8-17(9-7-16)10-11-18-12-14-19(20)15-13-18/h8,12-16H,2-7,9-11H2,1H3. The average Bonchev–Trinajstić information content (AvgIpc) is 2.48. The summed E-state index contributed by atoms with van der Waals surface area (Å²) < 4.78 is 12.8. The van der Waals surface area contributed by atoms with E-state index in [9.17, 15) is 4.39 Å². The molecule has 0 amide bonds. The van der Waals surface area contributed by atoms with Crippen LogP contribution in [0, 0.1) is 11.7 Å². The summed E-state index contributed by atoms with van der Waals surface area (Å²) in [4.78, 5) is 0. The monoisotopic (exact) mass is 274 g/mol. The van der Waals surface area contributed by atoms with Crippen molar-refractivity contribution in [2.45, 2.75) is 64.7 Å². The topological polar surface area (TPSA) is 0 Å². The number of hydrogen-bond donors (Lipinski definition) is 0. The van der Waals surface area contributed by atoms with Crippen molar-refractivity contribution in [3.63, 3.8) is 0 Å². The lowest BCUT2D eigenvalue weighted by Crippen LogP contribution is -2.06. The Hall–Kier alpha value is -1.11. The van der Waals surface area contributed by atoms with Gasteiger partial charge in [0.2, 0.25) is 0 Å². The first-order valence-corrected chi connectivity index (χ1v) is 8.20. The van der Waals surface area contributed by atoms with E-state index in [2.05, 4.69) is 13.0 Å². The molecule has 0 fully saturated rings. The van der Waals surface area contributed by atoms with Gasteiger partial charge in [-0.3, -0.25) is 0 Å². The molecular formula is C19H27F. The zero-order chi connectivity index (χ0) is 14.2. The number of aryl methyl sites for hydroxylation is 1. The molecule has 2 rings (SSSR count). The molecule has 0 spiro atoms. The van der Waals surface area contributed by atoms with Crippen LogP contribution in [0.15, 0.2) is 35.9 Å². The number of halogens is 1. The maximum atomic E-state index is 12.8. The molecule has 0 aliphatic heterocycles. The largest absolute Gasteiger partial charge is 0.207 e. The summed E-state index contributed by atoms with van der Waals surface area (Å²) in [7, 11) is 0. The van der Waals surface area contributed by atoms with Gasteiger partial charge in [-0.2, -0.15) is 0 Å². The number of hydrogen-bond acceptors (Lipinski definition) is 0. The second-order valence-electron chi connectivity index (χ2n) is 6.13. The lowest BCUT2D eigenvalue weighted by Gasteiger charge is -2.22. The van der Waals surface area contributed by atoms with Crippen LogP contribution in [-0.4, -0.2) is 0 Å². The van der Waals surface area contributed by atoms with E-state index in [1.54, 1.807) is 17.7 Å². The Morgan fingerprint density at radius 1 is 1.10 bits per heavy atom. The molecule has 1 atom stereocenters. The van der Waals surface area contributed by atoms with Crippen LogP contribution in [0.5, 0.6) is 0 Å². The van der Waals surface area contributed by atoms with Crippen LogP contribution >= 0.6 is 0 Å². The van der Waals surface area contributed by atoms with Crippen LogP contribution < -0.4 is 0 Å². The van der Waals surface area contributed by atoms with E-state index in [1.165, 1.54) is 50.5 Å². The predicted octanol–water partition coefficient (Wildman–Crippen LogP) is 6.07. The third-order valence-electron chi connectivity index (χ3n) is 4.48. The lowest BCUT2D eigenvalue weighted by molar-refractivity contribution is 0.413. The highest BCUT2D eigenvalue weighted by Gasteiger charge is 2.13. The van der Waals surface area contributed by atoms with Crippen LogP contribution in [-0.2, 0) is 6.42 Å². The maximum Gasteiger partial charge on any atom is 0.123 e. The van der Waals surface area contributed by atoms with Gasteiger partial charge < -0.3 is 0 Å². The van der Waals surface area contributed by atoms with Crippen molar-refractivity contribution in [2.24, 2.45) is 5.92 Å². The first-order valence-electron chi connectivity index (χ1n) is 8.20. The predicted molar refractivity (Wildman–Crippen MR) is 84.3 cm³/mol. The third-order valence-corrected chi connectivity index (χ3v) is 4.48. The molecule has 1 unspecified atom stereocenters. The summed E-state index contributed by atoms with van der Waals surface area (Å²) in [6.45, 7) is 2.27. The molecule has 20 heavy (non-hydrogen) atoms. The SMILES string of the molecule is CCCCCC1CC=C(CCc2ccc(F)cc2)CC1. The van der Waals surface area contributed by atoms with Crippen LogP contribution in [0.3, 0.4) is 0 Å². The van der Waals surface area contributed by atoms with E-state index >= 15 is 0 Å². The van der Waals surface area contributed by atoms with E-state index in [-0.39, 0.29) is 5.82 Å². The third kappa shape index (κ3) is 5.11. The smallest absolute Gasteiger partial charge is 0.123 e. The van der Waals surface area contributed by atoms with E-state index in [0.717, 1.165) is 18.8 Å². The Kier molecular flexibility index (Phi) is 6.29. The Balaban J connectivity index is 1.71. The lowest BCUT2D eigenvalue weighted by atomic mass is 9.84. The van der Waals surface area contributed by atoms with Gasteiger partial charge in [0, 0.05) is 0 Å². The summed E-state index contributed by atoms with van der Waals surface area (Å²) >= 11 is 0. The second-order valence-corrected chi connectivity index (χ2v) is 6.13. The van der Waals surface area contributed by atoms with Gasteiger partial charge in [-0.15, -0.1) is 0 Å². The molecule has 0 aromatic heterocycles. The highest BCUT2D eigenvalue weighted by atomic mass is 19.1. The minimum atomic E-state index is -0.138. The van der Waals surface area contributed by atoms with E-state index in [0.29, 0.717) is 0 Å². The van der Waals surface area contributed by atoms with Gasteiger partial charge in [-0.25, -0.2) is 4.39 Å². The van der Waals surface area contributed by atoms with Gasteiger partial charge in [0.05, 0.1) is 0 Å². The van der Waals surface area contributed by atoms with Crippen molar-refractivity contribution in [3.05, 3.63) is 47.3 Å². The fourth-order valence-corrected chi connectivity index (χ4v) is 3.07. The normalized spacial score (nSPS) is 18.9. The minimum absolute atomic E-state index is 0.138. The van der Waals surface area contributed by atoms with Gasteiger partial charge >= 0.3 is 0 Å². The molecule has 0 saturated heterocycles. The van der Waals surface area contributed by atoms with Crippen LogP contribution in [0.4, 0.5) is 4.39 Å². The molecule has 0 saturated carbocycles. The van der Waals surface area contributed by atoms with Crippen molar-refractivity contribution < 1.29 is 4.39 Å². The highest BCUT2D eigenvalue weighted by molar-refractivity contribution is 5.18. The number of benzene rings is 1. The average molecular weight is 274 g/mol. The maximum absolute atomic E-state index is 12.8. The first-order chi connectivity index (χ1) is 9.78. The van der Waals surface area contributed by atoms with Crippen LogP contribution in [0.1, 0.15) is 63.9 Å². The van der Waals surface area contributed by atoms with Crippen LogP contribution in [0.25, 0.3) is 0 Å². The summed E-state index contributed by atoms with van der Waals surface area (Å²) in [6.07, 6.45) is 14.1. The van der Waals surface area contributed by atoms with Crippen molar-refractivity contribution >= 4 is 0 Å². The Morgan fingerprint density at radius 2 is 1.90 bits per heavy atom. The zero-order valence-corrected chi connectivity index (χ0v) is 12.7. The molecule has 0 N–H and O–H groups in total. The summed E-state index contributed by atoms with van der Waals surface area (Å²) in [5.41, 5.74) is 2.86. The number of unbranched alkanes of at least 4 members (excludes halogenated alkanes) is 2. The van der Waals surface area contributed by atoms with Crippen molar-refractivity contribution in [3.8, 4) is 0 Å². The van der Waals surface area contributed by atoms with E-state index < -0.39 is 0 Å².